The van der Waals surface area contributed by atoms with Gasteiger partial charge in [-0.05, 0) is 25.5 Å². The monoisotopic (exact) mass is 231 g/mol. The highest BCUT2D eigenvalue weighted by molar-refractivity contribution is 5.94. The maximum atomic E-state index is 11.9. The molecule has 0 aliphatic heterocycles. The van der Waals surface area contributed by atoms with Gasteiger partial charge < -0.3 is 10.4 Å². The molecule has 2 rings (SSSR count). The van der Waals surface area contributed by atoms with Crippen LogP contribution in [0, 0.1) is 12.8 Å². The van der Waals surface area contributed by atoms with E-state index < -0.39 is 0 Å². The van der Waals surface area contributed by atoms with Crippen LogP contribution in [0.2, 0.25) is 0 Å². The lowest BCUT2D eigenvalue weighted by Crippen LogP contribution is -2.32. The van der Waals surface area contributed by atoms with Crippen LogP contribution in [0.4, 0.5) is 0 Å². The molecular formula is C14H17NO2. The lowest BCUT2D eigenvalue weighted by molar-refractivity contribution is 0.0941. The quantitative estimate of drug-likeness (QED) is 0.777. The first-order valence-corrected chi connectivity index (χ1v) is 5.86. The molecule has 3 heteroatoms. The van der Waals surface area contributed by atoms with Gasteiger partial charge in [0.05, 0.1) is 0 Å². The van der Waals surface area contributed by atoms with Gasteiger partial charge in [-0.25, -0.2) is 0 Å². The first-order valence-electron chi connectivity index (χ1n) is 5.86. The van der Waals surface area contributed by atoms with Crippen LogP contribution >= 0.6 is 0 Å². The van der Waals surface area contributed by atoms with E-state index >= 15 is 0 Å². The van der Waals surface area contributed by atoms with Crippen molar-refractivity contribution in [3.05, 3.63) is 47.5 Å². The third kappa shape index (κ3) is 2.94. The zero-order valence-corrected chi connectivity index (χ0v) is 9.89. The molecule has 0 unspecified atom stereocenters. The van der Waals surface area contributed by atoms with E-state index in [9.17, 15) is 4.79 Å². The second-order valence-electron chi connectivity index (χ2n) is 4.51. The summed E-state index contributed by atoms with van der Waals surface area (Å²) < 4.78 is 0. The van der Waals surface area contributed by atoms with E-state index in [0.717, 1.165) is 12.0 Å². The van der Waals surface area contributed by atoms with E-state index in [1.165, 1.54) is 0 Å². The van der Waals surface area contributed by atoms with Gasteiger partial charge in [0.15, 0.2) is 0 Å². The number of hydrogen-bond acceptors (Lipinski definition) is 2. The molecule has 1 amide bonds. The maximum Gasteiger partial charge on any atom is 0.251 e. The zero-order chi connectivity index (χ0) is 12.3. The van der Waals surface area contributed by atoms with Gasteiger partial charge in [0.2, 0.25) is 0 Å². The molecule has 90 valence electrons. The van der Waals surface area contributed by atoms with Gasteiger partial charge in [-0.2, -0.15) is 0 Å². The molecule has 0 saturated carbocycles. The van der Waals surface area contributed by atoms with E-state index in [1.54, 1.807) is 0 Å². The second kappa shape index (κ2) is 5.15. The summed E-state index contributed by atoms with van der Waals surface area (Å²) in [4.78, 5) is 11.9. The molecular weight excluding hydrogens is 214 g/mol. The van der Waals surface area contributed by atoms with Gasteiger partial charge in [-0.15, -0.1) is 0 Å². The summed E-state index contributed by atoms with van der Waals surface area (Å²) in [5, 5.41) is 11.9. The van der Waals surface area contributed by atoms with Crippen molar-refractivity contribution in [1.82, 2.24) is 5.32 Å². The Hall–Kier alpha value is -1.61. The summed E-state index contributed by atoms with van der Waals surface area (Å²) in [6.45, 7) is 2.14. The minimum Gasteiger partial charge on any atom is -0.396 e. The first kappa shape index (κ1) is 11.9. The van der Waals surface area contributed by atoms with Gasteiger partial charge >= 0.3 is 0 Å². The zero-order valence-electron chi connectivity index (χ0n) is 9.89. The fourth-order valence-electron chi connectivity index (χ4n) is 1.97. The fraction of sp³-hybridized carbons (Fsp3) is 0.357. The van der Waals surface area contributed by atoms with Crippen molar-refractivity contribution in [3.63, 3.8) is 0 Å². The normalized spacial score (nSPS) is 22.7. The Kier molecular flexibility index (Phi) is 3.59. The summed E-state index contributed by atoms with van der Waals surface area (Å²) in [6.07, 6.45) is 4.70. The predicted octanol–water partition coefficient (Wildman–Crippen LogP) is 1.66. The van der Waals surface area contributed by atoms with Gasteiger partial charge in [0.25, 0.3) is 5.91 Å². The van der Waals surface area contributed by atoms with Crippen LogP contribution in [-0.4, -0.2) is 23.7 Å². The van der Waals surface area contributed by atoms with Crippen molar-refractivity contribution < 1.29 is 9.90 Å². The largest absolute Gasteiger partial charge is 0.396 e. The number of benzene rings is 1. The first-order chi connectivity index (χ1) is 8.19. The van der Waals surface area contributed by atoms with Gasteiger partial charge in [-0.3, -0.25) is 4.79 Å². The summed E-state index contributed by atoms with van der Waals surface area (Å²) in [5.41, 5.74) is 1.82. The summed E-state index contributed by atoms with van der Waals surface area (Å²) in [5.74, 6) is 0.122. The summed E-state index contributed by atoms with van der Waals surface area (Å²) in [7, 11) is 0. The van der Waals surface area contributed by atoms with Crippen molar-refractivity contribution in [2.24, 2.45) is 5.92 Å². The average molecular weight is 231 g/mol. The molecule has 0 spiro atoms. The van der Waals surface area contributed by atoms with Crippen molar-refractivity contribution in [1.29, 1.82) is 0 Å². The van der Waals surface area contributed by atoms with E-state index in [2.05, 4.69) is 5.32 Å². The molecule has 0 saturated heterocycles. The minimum atomic E-state index is -0.0572. The predicted molar refractivity (Wildman–Crippen MR) is 66.8 cm³/mol. The van der Waals surface area contributed by atoms with Crippen LogP contribution in [0.3, 0.4) is 0 Å². The standard InChI is InChI=1S/C14H17NO2/c1-10-2-5-12(6-3-10)14(17)15-13-7-4-11(8-13)9-16/h2-7,11,13,16H,8-9H2,1H3,(H,15,17)/t11-,13+/m0/s1. The molecule has 1 aliphatic rings. The molecule has 1 aliphatic carbocycles. The molecule has 17 heavy (non-hydrogen) atoms. The highest BCUT2D eigenvalue weighted by atomic mass is 16.3. The lowest BCUT2D eigenvalue weighted by atomic mass is 10.1. The molecule has 1 aromatic carbocycles. The minimum absolute atomic E-state index is 0.0425. The highest BCUT2D eigenvalue weighted by Gasteiger charge is 2.19. The number of hydrogen-bond donors (Lipinski definition) is 2. The van der Waals surface area contributed by atoms with Crippen LogP contribution < -0.4 is 5.32 Å². The third-order valence-electron chi connectivity index (χ3n) is 3.04. The number of carbonyl (C=O) groups excluding carboxylic acids is 1. The molecule has 0 heterocycles. The topological polar surface area (TPSA) is 49.3 Å². The van der Waals surface area contributed by atoms with E-state index in [1.807, 2.05) is 43.3 Å². The average Bonchev–Trinajstić information content (AvgIpc) is 2.77. The van der Waals surface area contributed by atoms with Crippen molar-refractivity contribution >= 4 is 5.91 Å². The highest BCUT2D eigenvalue weighted by Crippen LogP contribution is 2.17. The SMILES string of the molecule is Cc1ccc(C(=O)N[C@@H]2C=C[C@H](CO)C2)cc1. The molecule has 3 nitrogen and oxygen atoms in total. The third-order valence-corrected chi connectivity index (χ3v) is 3.04. The Morgan fingerprint density at radius 3 is 2.65 bits per heavy atom. The van der Waals surface area contributed by atoms with Gasteiger partial charge in [0, 0.05) is 24.1 Å². The van der Waals surface area contributed by atoms with Gasteiger partial charge in [0.1, 0.15) is 0 Å². The molecule has 0 radical (unpaired) electrons. The van der Waals surface area contributed by atoms with E-state index in [4.69, 9.17) is 5.11 Å². The van der Waals surface area contributed by atoms with Crippen LogP contribution in [0.1, 0.15) is 22.3 Å². The number of amides is 1. The van der Waals surface area contributed by atoms with Crippen molar-refractivity contribution in [2.75, 3.05) is 6.61 Å². The lowest BCUT2D eigenvalue weighted by Gasteiger charge is -2.12. The van der Waals surface area contributed by atoms with E-state index in [0.29, 0.717) is 5.56 Å². The molecule has 1 aromatic rings. The fourth-order valence-corrected chi connectivity index (χ4v) is 1.97. The summed E-state index contributed by atoms with van der Waals surface area (Å²) in [6, 6.07) is 7.55. The summed E-state index contributed by atoms with van der Waals surface area (Å²) >= 11 is 0. The number of carbonyl (C=O) groups is 1. The number of rotatable bonds is 3. The molecule has 0 fully saturated rings. The maximum absolute atomic E-state index is 11.9. The van der Waals surface area contributed by atoms with Crippen molar-refractivity contribution in [2.45, 2.75) is 19.4 Å². The Morgan fingerprint density at radius 2 is 2.06 bits per heavy atom. The number of aliphatic hydroxyl groups is 1. The Labute approximate surface area is 101 Å². The van der Waals surface area contributed by atoms with Crippen LogP contribution in [-0.2, 0) is 0 Å². The molecule has 0 bridgehead atoms. The molecule has 2 atom stereocenters. The second-order valence-corrected chi connectivity index (χ2v) is 4.51. The number of nitrogens with one attached hydrogen (secondary N) is 1. The Morgan fingerprint density at radius 1 is 1.35 bits per heavy atom. The van der Waals surface area contributed by atoms with Crippen LogP contribution in [0.25, 0.3) is 0 Å². The van der Waals surface area contributed by atoms with Crippen LogP contribution in [0.15, 0.2) is 36.4 Å². The Balaban J connectivity index is 1.94. The molecule has 2 N–H and O–H groups in total. The number of aryl methyl sites for hydroxylation is 1. The van der Waals surface area contributed by atoms with Crippen LogP contribution in [0.5, 0.6) is 0 Å². The Bertz CT molecular complexity index is 422. The van der Waals surface area contributed by atoms with Crippen molar-refractivity contribution in [3.8, 4) is 0 Å². The van der Waals surface area contributed by atoms with Gasteiger partial charge in [-0.1, -0.05) is 29.8 Å². The smallest absolute Gasteiger partial charge is 0.251 e. The molecule has 0 aromatic heterocycles. The van der Waals surface area contributed by atoms with E-state index in [-0.39, 0.29) is 24.5 Å². The number of aliphatic hydroxyl groups excluding tert-OH is 1.